The van der Waals surface area contributed by atoms with Crippen molar-refractivity contribution in [2.75, 3.05) is 18.0 Å². The maximum Gasteiger partial charge on any atom is 0.293 e. The maximum absolute atomic E-state index is 12.2. The standard InChI is InChI=1S/C16H19N5O2/c1-20-8-6-18-15(16(20)22)21-7-2-3-12(11-21)19-10-14-5-4-13(9-17)23-14/h4-6,8,12,19H,2-3,7,10-11H2,1H3/t12-/m1/s1. The van der Waals surface area contributed by atoms with E-state index >= 15 is 0 Å². The Bertz CT molecular complexity index is 773. The van der Waals surface area contributed by atoms with E-state index in [2.05, 4.69) is 10.3 Å². The van der Waals surface area contributed by atoms with Crippen LogP contribution in [0.25, 0.3) is 0 Å². The van der Waals surface area contributed by atoms with Crippen LogP contribution in [-0.4, -0.2) is 28.7 Å². The van der Waals surface area contributed by atoms with E-state index in [9.17, 15) is 4.79 Å². The van der Waals surface area contributed by atoms with Crippen LogP contribution in [0.2, 0.25) is 0 Å². The first-order valence-corrected chi connectivity index (χ1v) is 7.66. The van der Waals surface area contributed by atoms with Gasteiger partial charge in [0.1, 0.15) is 11.8 Å². The average Bonchev–Trinajstić information content (AvgIpc) is 3.04. The van der Waals surface area contributed by atoms with E-state index in [1.807, 2.05) is 11.0 Å². The van der Waals surface area contributed by atoms with E-state index < -0.39 is 0 Å². The predicted molar refractivity (Wildman–Crippen MR) is 85.0 cm³/mol. The van der Waals surface area contributed by atoms with Gasteiger partial charge in [-0.2, -0.15) is 5.26 Å². The Balaban J connectivity index is 1.63. The molecule has 1 atom stereocenters. The summed E-state index contributed by atoms with van der Waals surface area (Å²) in [6.07, 6.45) is 5.35. The number of furan rings is 1. The SMILES string of the molecule is Cn1ccnc(N2CCC[C@@H](NCc3ccc(C#N)o3)C2)c1=O. The minimum absolute atomic E-state index is 0.0714. The monoisotopic (exact) mass is 313 g/mol. The van der Waals surface area contributed by atoms with Crippen molar-refractivity contribution in [2.24, 2.45) is 7.05 Å². The third kappa shape index (κ3) is 3.43. The Hall–Kier alpha value is -2.59. The van der Waals surface area contributed by atoms with E-state index in [-0.39, 0.29) is 11.6 Å². The molecule has 0 spiro atoms. The molecule has 7 nitrogen and oxygen atoms in total. The molecule has 1 saturated heterocycles. The molecule has 0 aliphatic carbocycles. The van der Waals surface area contributed by atoms with Crippen molar-refractivity contribution >= 4 is 5.82 Å². The lowest BCUT2D eigenvalue weighted by Gasteiger charge is -2.33. The number of piperidine rings is 1. The molecule has 0 aromatic carbocycles. The van der Waals surface area contributed by atoms with Gasteiger partial charge in [0.25, 0.3) is 5.56 Å². The molecule has 0 radical (unpaired) electrons. The second-order valence-corrected chi connectivity index (χ2v) is 5.71. The third-order valence-electron chi connectivity index (χ3n) is 4.06. The molecule has 1 N–H and O–H groups in total. The normalized spacial score (nSPS) is 17.9. The number of nitriles is 1. The molecule has 0 saturated carbocycles. The smallest absolute Gasteiger partial charge is 0.293 e. The van der Waals surface area contributed by atoms with Crippen LogP contribution in [0.3, 0.4) is 0 Å². The first kappa shape index (κ1) is 15.3. The van der Waals surface area contributed by atoms with E-state index in [1.165, 1.54) is 0 Å². The van der Waals surface area contributed by atoms with E-state index in [0.29, 0.717) is 18.1 Å². The lowest BCUT2D eigenvalue weighted by atomic mass is 10.1. The molecule has 1 aliphatic rings. The molecule has 1 aliphatic heterocycles. The van der Waals surface area contributed by atoms with Crippen LogP contribution in [0.4, 0.5) is 5.82 Å². The predicted octanol–water partition coefficient (Wildman–Crippen LogP) is 1.00. The summed E-state index contributed by atoms with van der Waals surface area (Å²) in [6, 6.07) is 5.71. The van der Waals surface area contributed by atoms with Crippen LogP contribution < -0.4 is 15.8 Å². The fourth-order valence-corrected chi connectivity index (χ4v) is 2.82. The molecule has 1 fully saturated rings. The molecular formula is C16H19N5O2. The van der Waals surface area contributed by atoms with Gasteiger partial charge in [-0.25, -0.2) is 4.98 Å². The number of aromatic nitrogens is 2. The van der Waals surface area contributed by atoms with Gasteiger partial charge in [0.15, 0.2) is 5.82 Å². The summed E-state index contributed by atoms with van der Waals surface area (Å²) in [5.74, 6) is 1.57. The number of nitrogens with one attached hydrogen (secondary N) is 1. The minimum Gasteiger partial charge on any atom is -0.449 e. The van der Waals surface area contributed by atoms with Crippen LogP contribution in [0.5, 0.6) is 0 Å². The lowest BCUT2D eigenvalue weighted by molar-refractivity contribution is 0.391. The zero-order valence-corrected chi connectivity index (χ0v) is 13.0. The highest BCUT2D eigenvalue weighted by atomic mass is 16.3. The molecule has 7 heteroatoms. The van der Waals surface area contributed by atoms with Crippen LogP contribution in [0.15, 0.2) is 33.7 Å². The fourth-order valence-electron chi connectivity index (χ4n) is 2.82. The highest BCUT2D eigenvalue weighted by Crippen LogP contribution is 2.15. The number of aryl methyl sites for hydroxylation is 1. The summed E-state index contributed by atoms with van der Waals surface area (Å²) in [5, 5.41) is 12.2. The Labute approximate surface area is 134 Å². The number of anilines is 1. The van der Waals surface area contributed by atoms with E-state index in [1.54, 1.807) is 36.1 Å². The van der Waals surface area contributed by atoms with Crippen LogP contribution in [-0.2, 0) is 13.6 Å². The number of hydrogen-bond acceptors (Lipinski definition) is 6. The van der Waals surface area contributed by atoms with Crippen LogP contribution in [0.1, 0.15) is 24.4 Å². The summed E-state index contributed by atoms with van der Waals surface area (Å²) in [7, 11) is 1.73. The molecule has 2 aromatic rings. The molecule has 23 heavy (non-hydrogen) atoms. The molecular weight excluding hydrogens is 294 g/mol. The first-order chi connectivity index (χ1) is 11.2. The summed E-state index contributed by atoms with van der Waals surface area (Å²) >= 11 is 0. The zero-order chi connectivity index (χ0) is 16.2. The van der Waals surface area contributed by atoms with Gasteiger partial charge in [-0.05, 0) is 25.0 Å². The number of rotatable bonds is 4. The van der Waals surface area contributed by atoms with Crippen molar-refractivity contribution < 1.29 is 4.42 Å². The van der Waals surface area contributed by atoms with Crippen molar-refractivity contribution in [3.8, 4) is 6.07 Å². The number of nitrogens with zero attached hydrogens (tertiary/aromatic N) is 4. The van der Waals surface area contributed by atoms with Gasteiger partial charge in [0, 0.05) is 38.6 Å². The van der Waals surface area contributed by atoms with Gasteiger partial charge >= 0.3 is 0 Å². The number of hydrogen-bond donors (Lipinski definition) is 1. The molecule has 0 amide bonds. The summed E-state index contributed by atoms with van der Waals surface area (Å²) < 4.78 is 6.91. The van der Waals surface area contributed by atoms with Crippen molar-refractivity contribution in [3.05, 3.63) is 46.4 Å². The average molecular weight is 313 g/mol. The molecule has 2 aromatic heterocycles. The van der Waals surface area contributed by atoms with Crippen molar-refractivity contribution in [3.63, 3.8) is 0 Å². The Morgan fingerprint density at radius 2 is 2.39 bits per heavy atom. The van der Waals surface area contributed by atoms with Crippen molar-refractivity contribution in [1.29, 1.82) is 5.26 Å². The molecule has 3 rings (SSSR count). The molecule has 120 valence electrons. The Morgan fingerprint density at radius 1 is 1.52 bits per heavy atom. The van der Waals surface area contributed by atoms with Crippen LogP contribution in [0, 0.1) is 11.3 Å². The lowest BCUT2D eigenvalue weighted by Crippen LogP contribution is -2.47. The second-order valence-electron chi connectivity index (χ2n) is 5.71. The van der Waals surface area contributed by atoms with E-state index in [4.69, 9.17) is 9.68 Å². The molecule has 3 heterocycles. The van der Waals surface area contributed by atoms with Crippen molar-refractivity contribution in [2.45, 2.75) is 25.4 Å². The summed E-state index contributed by atoms with van der Waals surface area (Å²) in [4.78, 5) is 18.5. The highest BCUT2D eigenvalue weighted by Gasteiger charge is 2.22. The molecule has 0 bridgehead atoms. The zero-order valence-electron chi connectivity index (χ0n) is 13.0. The van der Waals surface area contributed by atoms with Gasteiger partial charge in [-0.1, -0.05) is 0 Å². The second kappa shape index (κ2) is 6.67. The molecule has 0 unspecified atom stereocenters. The maximum atomic E-state index is 12.2. The third-order valence-corrected chi connectivity index (χ3v) is 4.06. The Morgan fingerprint density at radius 3 is 3.17 bits per heavy atom. The van der Waals surface area contributed by atoms with Gasteiger partial charge in [-0.3, -0.25) is 4.79 Å². The fraction of sp³-hybridized carbons (Fsp3) is 0.438. The van der Waals surface area contributed by atoms with Gasteiger partial charge in [0.2, 0.25) is 5.76 Å². The van der Waals surface area contributed by atoms with Crippen molar-refractivity contribution in [1.82, 2.24) is 14.9 Å². The van der Waals surface area contributed by atoms with Crippen LogP contribution >= 0.6 is 0 Å². The van der Waals surface area contributed by atoms with Gasteiger partial charge in [0.05, 0.1) is 6.54 Å². The quantitative estimate of drug-likeness (QED) is 0.906. The van der Waals surface area contributed by atoms with Gasteiger partial charge < -0.3 is 19.2 Å². The first-order valence-electron chi connectivity index (χ1n) is 7.66. The largest absolute Gasteiger partial charge is 0.449 e. The van der Waals surface area contributed by atoms with Gasteiger partial charge in [-0.15, -0.1) is 0 Å². The summed E-state index contributed by atoms with van der Waals surface area (Å²) in [6.45, 7) is 2.14. The van der Waals surface area contributed by atoms with E-state index in [0.717, 1.165) is 31.7 Å². The topological polar surface area (TPSA) is 87.1 Å². The highest BCUT2D eigenvalue weighted by molar-refractivity contribution is 5.36. The summed E-state index contributed by atoms with van der Waals surface area (Å²) in [5.41, 5.74) is -0.0714. The minimum atomic E-state index is -0.0714. The Kier molecular flexibility index (Phi) is 4.44.